The lowest BCUT2D eigenvalue weighted by Crippen LogP contribution is -2.32. The molecular formula is C24H50N2O4. The number of primary amides is 1. The maximum absolute atomic E-state index is 10.5. The van der Waals surface area contributed by atoms with Crippen LogP contribution in [0.3, 0.4) is 0 Å². The summed E-state index contributed by atoms with van der Waals surface area (Å²) in [5, 5.41) is 25.5. The molecule has 0 aliphatic heterocycles. The SMILES string of the molecule is CCCCCCCC/C=C\CCCCCCCC(N)=O.OCCN(CCO)CCO. The molecular weight excluding hydrogens is 380 g/mol. The Kier molecular flexibility index (Phi) is 29.2. The van der Waals surface area contributed by atoms with Gasteiger partial charge in [-0.05, 0) is 32.1 Å². The van der Waals surface area contributed by atoms with Crippen LogP contribution < -0.4 is 5.73 Å². The number of rotatable bonds is 21. The maximum atomic E-state index is 10.5. The summed E-state index contributed by atoms with van der Waals surface area (Å²) in [5.74, 6) is -0.164. The minimum Gasteiger partial charge on any atom is -0.395 e. The minimum absolute atomic E-state index is 0.0694. The van der Waals surface area contributed by atoms with Crippen LogP contribution in [0, 0.1) is 0 Å². The van der Waals surface area contributed by atoms with E-state index in [0.717, 1.165) is 12.8 Å². The summed E-state index contributed by atoms with van der Waals surface area (Å²) in [6.07, 6.45) is 21.9. The number of nitrogens with two attached hydrogens (primary N) is 1. The van der Waals surface area contributed by atoms with E-state index in [1.807, 2.05) is 0 Å². The number of allylic oxidation sites excluding steroid dienone is 2. The summed E-state index contributed by atoms with van der Waals surface area (Å²) < 4.78 is 0. The van der Waals surface area contributed by atoms with Gasteiger partial charge >= 0.3 is 0 Å². The Morgan fingerprint density at radius 3 is 1.50 bits per heavy atom. The molecule has 0 atom stereocenters. The molecule has 0 fully saturated rings. The Hall–Kier alpha value is -0.950. The van der Waals surface area contributed by atoms with Gasteiger partial charge in [-0.1, -0.05) is 70.4 Å². The molecule has 0 aromatic rings. The average Bonchev–Trinajstić information content (AvgIpc) is 2.72. The summed E-state index contributed by atoms with van der Waals surface area (Å²) in [4.78, 5) is 12.3. The zero-order valence-corrected chi connectivity index (χ0v) is 19.6. The second-order valence-corrected chi connectivity index (χ2v) is 7.81. The maximum Gasteiger partial charge on any atom is 0.217 e. The van der Waals surface area contributed by atoms with Crippen LogP contribution >= 0.6 is 0 Å². The van der Waals surface area contributed by atoms with Crippen molar-refractivity contribution in [3.05, 3.63) is 12.2 Å². The molecule has 6 heteroatoms. The van der Waals surface area contributed by atoms with Crippen molar-refractivity contribution < 1.29 is 20.1 Å². The van der Waals surface area contributed by atoms with E-state index in [9.17, 15) is 4.79 Å². The van der Waals surface area contributed by atoms with Gasteiger partial charge in [0.25, 0.3) is 0 Å². The first-order valence-corrected chi connectivity index (χ1v) is 12.1. The molecule has 0 bridgehead atoms. The van der Waals surface area contributed by atoms with Crippen LogP contribution in [0.5, 0.6) is 0 Å². The highest BCUT2D eigenvalue weighted by Crippen LogP contribution is 2.09. The van der Waals surface area contributed by atoms with E-state index < -0.39 is 0 Å². The summed E-state index contributed by atoms with van der Waals surface area (Å²) in [5.41, 5.74) is 5.10. The number of carbonyl (C=O) groups excluding carboxylic acids is 1. The first kappa shape index (κ1) is 31.2. The van der Waals surface area contributed by atoms with Gasteiger partial charge in [-0.25, -0.2) is 0 Å². The van der Waals surface area contributed by atoms with Crippen molar-refractivity contribution in [3.63, 3.8) is 0 Å². The number of unbranched alkanes of at least 4 members (excludes halogenated alkanes) is 11. The Morgan fingerprint density at radius 1 is 0.700 bits per heavy atom. The third-order valence-electron chi connectivity index (χ3n) is 4.93. The van der Waals surface area contributed by atoms with E-state index in [1.54, 1.807) is 4.90 Å². The first-order valence-electron chi connectivity index (χ1n) is 12.1. The molecule has 180 valence electrons. The monoisotopic (exact) mass is 430 g/mol. The van der Waals surface area contributed by atoms with E-state index in [2.05, 4.69) is 19.1 Å². The zero-order valence-electron chi connectivity index (χ0n) is 19.6. The van der Waals surface area contributed by atoms with E-state index >= 15 is 0 Å². The predicted molar refractivity (Wildman–Crippen MR) is 126 cm³/mol. The lowest BCUT2D eigenvalue weighted by atomic mass is 10.1. The standard InChI is InChI=1S/C18H35NO.C6H15NO3/c1-2-3-4-5-6-7-8-9-10-11-12-13-14-15-16-17-18(19)20;8-4-1-7(2-5-9)3-6-10/h9-10H,2-8,11-17H2,1H3,(H2,19,20);8-10H,1-6H2/b10-9-;. The lowest BCUT2D eigenvalue weighted by Gasteiger charge is -2.17. The van der Waals surface area contributed by atoms with Crippen molar-refractivity contribution in [1.82, 2.24) is 4.90 Å². The van der Waals surface area contributed by atoms with Crippen molar-refractivity contribution in [3.8, 4) is 0 Å². The number of carbonyl (C=O) groups is 1. The van der Waals surface area contributed by atoms with Crippen LogP contribution in [0.2, 0.25) is 0 Å². The molecule has 5 N–H and O–H groups in total. The van der Waals surface area contributed by atoms with Crippen molar-refractivity contribution in [2.45, 2.75) is 96.8 Å². The van der Waals surface area contributed by atoms with Gasteiger partial charge < -0.3 is 21.1 Å². The molecule has 30 heavy (non-hydrogen) atoms. The molecule has 0 spiro atoms. The zero-order chi connectivity index (χ0) is 22.7. The largest absolute Gasteiger partial charge is 0.395 e. The lowest BCUT2D eigenvalue weighted by molar-refractivity contribution is -0.118. The number of amides is 1. The van der Waals surface area contributed by atoms with Gasteiger partial charge in [0.1, 0.15) is 0 Å². The fourth-order valence-corrected chi connectivity index (χ4v) is 3.13. The number of hydrogen-bond acceptors (Lipinski definition) is 5. The quantitative estimate of drug-likeness (QED) is 0.164. The second-order valence-electron chi connectivity index (χ2n) is 7.81. The van der Waals surface area contributed by atoms with Crippen LogP contribution in [0.25, 0.3) is 0 Å². The molecule has 0 unspecified atom stereocenters. The highest BCUT2D eigenvalue weighted by molar-refractivity contribution is 5.73. The summed E-state index contributed by atoms with van der Waals surface area (Å²) in [7, 11) is 0. The van der Waals surface area contributed by atoms with Gasteiger partial charge in [-0.15, -0.1) is 0 Å². The van der Waals surface area contributed by atoms with E-state index in [1.165, 1.54) is 70.6 Å². The molecule has 0 aliphatic carbocycles. The number of aliphatic hydroxyl groups excluding tert-OH is 3. The average molecular weight is 431 g/mol. The van der Waals surface area contributed by atoms with Crippen molar-refractivity contribution in [1.29, 1.82) is 0 Å². The van der Waals surface area contributed by atoms with Gasteiger partial charge in [0, 0.05) is 26.1 Å². The molecule has 0 radical (unpaired) electrons. The molecule has 0 aromatic heterocycles. The van der Waals surface area contributed by atoms with E-state index in [-0.39, 0.29) is 25.7 Å². The Bertz CT molecular complexity index is 351. The number of aliphatic hydroxyl groups is 3. The van der Waals surface area contributed by atoms with Crippen LogP contribution in [0.1, 0.15) is 96.8 Å². The first-order chi connectivity index (χ1) is 14.6. The van der Waals surface area contributed by atoms with Crippen LogP contribution in [0.4, 0.5) is 0 Å². The second kappa shape index (κ2) is 28.1. The Morgan fingerprint density at radius 2 is 1.10 bits per heavy atom. The molecule has 0 heterocycles. The topological polar surface area (TPSA) is 107 Å². The molecule has 0 aromatic carbocycles. The molecule has 1 amide bonds. The van der Waals surface area contributed by atoms with Crippen molar-refractivity contribution >= 4 is 5.91 Å². The third-order valence-corrected chi connectivity index (χ3v) is 4.93. The van der Waals surface area contributed by atoms with E-state index in [4.69, 9.17) is 21.1 Å². The summed E-state index contributed by atoms with van der Waals surface area (Å²) in [6.45, 7) is 4.02. The van der Waals surface area contributed by atoms with E-state index in [0.29, 0.717) is 26.1 Å². The van der Waals surface area contributed by atoms with Crippen molar-refractivity contribution in [2.24, 2.45) is 5.73 Å². The van der Waals surface area contributed by atoms with Crippen LogP contribution in [-0.4, -0.2) is 65.6 Å². The van der Waals surface area contributed by atoms with Crippen LogP contribution in [-0.2, 0) is 4.79 Å². The number of hydrogen-bond donors (Lipinski definition) is 4. The highest BCUT2D eigenvalue weighted by atomic mass is 16.3. The number of nitrogens with zero attached hydrogens (tertiary/aromatic N) is 1. The van der Waals surface area contributed by atoms with Gasteiger partial charge in [-0.2, -0.15) is 0 Å². The fraction of sp³-hybridized carbons (Fsp3) is 0.875. The van der Waals surface area contributed by atoms with Gasteiger partial charge in [0.2, 0.25) is 5.91 Å². The van der Waals surface area contributed by atoms with Gasteiger partial charge in [-0.3, -0.25) is 9.69 Å². The Balaban J connectivity index is 0. The molecule has 0 saturated heterocycles. The molecule has 0 saturated carbocycles. The molecule has 0 aliphatic rings. The van der Waals surface area contributed by atoms with Crippen molar-refractivity contribution in [2.75, 3.05) is 39.5 Å². The summed E-state index contributed by atoms with van der Waals surface area (Å²) in [6, 6.07) is 0. The molecule has 0 rings (SSSR count). The van der Waals surface area contributed by atoms with Crippen LogP contribution in [0.15, 0.2) is 12.2 Å². The predicted octanol–water partition coefficient (Wildman–Crippen LogP) is 3.77. The fourth-order valence-electron chi connectivity index (χ4n) is 3.13. The highest BCUT2D eigenvalue weighted by Gasteiger charge is 2.00. The minimum atomic E-state index is -0.164. The normalized spacial score (nSPS) is 11.1. The Labute approximate surface area is 185 Å². The van der Waals surface area contributed by atoms with Gasteiger partial charge in [0.15, 0.2) is 0 Å². The van der Waals surface area contributed by atoms with Gasteiger partial charge in [0.05, 0.1) is 19.8 Å². The summed E-state index contributed by atoms with van der Waals surface area (Å²) >= 11 is 0. The molecule has 6 nitrogen and oxygen atoms in total. The smallest absolute Gasteiger partial charge is 0.217 e. The third kappa shape index (κ3) is 29.3.